The van der Waals surface area contributed by atoms with Gasteiger partial charge >= 0.3 is 0 Å². The first kappa shape index (κ1) is 14.6. The maximum absolute atomic E-state index is 12.3. The lowest BCUT2D eigenvalue weighted by molar-refractivity contribution is -0.118. The van der Waals surface area contributed by atoms with Gasteiger partial charge in [0.1, 0.15) is 6.04 Å². The Balaban J connectivity index is 1.80. The van der Waals surface area contributed by atoms with Gasteiger partial charge in [-0.15, -0.1) is 0 Å². The minimum atomic E-state index is -0.186. The highest BCUT2D eigenvalue weighted by Gasteiger charge is 2.38. The number of anilines is 1. The lowest BCUT2D eigenvalue weighted by Gasteiger charge is -2.41. The lowest BCUT2D eigenvalue weighted by atomic mass is 9.69. The molecule has 3 unspecified atom stereocenters. The summed E-state index contributed by atoms with van der Waals surface area (Å²) in [6.45, 7) is 6.96. The van der Waals surface area contributed by atoms with Crippen molar-refractivity contribution in [3.05, 3.63) is 29.8 Å². The summed E-state index contributed by atoms with van der Waals surface area (Å²) in [5.74, 6) is 0.723. The van der Waals surface area contributed by atoms with Crippen LogP contribution in [0.1, 0.15) is 58.1 Å². The van der Waals surface area contributed by atoms with Gasteiger partial charge in [-0.2, -0.15) is 0 Å². The van der Waals surface area contributed by atoms with Crippen LogP contribution in [0.2, 0.25) is 0 Å². The Morgan fingerprint density at radius 1 is 1.14 bits per heavy atom. The molecule has 3 nitrogen and oxygen atoms in total. The van der Waals surface area contributed by atoms with E-state index < -0.39 is 0 Å². The largest absolute Gasteiger partial charge is 0.324 e. The van der Waals surface area contributed by atoms with Crippen molar-refractivity contribution in [3.8, 4) is 0 Å². The first-order valence-electron chi connectivity index (χ1n) is 8.12. The van der Waals surface area contributed by atoms with Crippen LogP contribution in [0.3, 0.4) is 0 Å². The smallest absolute Gasteiger partial charge is 0.246 e. The van der Waals surface area contributed by atoms with Crippen molar-refractivity contribution in [2.75, 3.05) is 5.32 Å². The fourth-order valence-electron chi connectivity index (χ4n) is 3.96. The predicted molar refractivity (Wildman–Crippen MR) is 86.1 cm³/mol. The molecule has 3 atom stereocenters. The van der Waals surface area contributed by atoms with E-state index in [-0.39, 0.29) is 17.4 Å². The fraction of sp³-hybridized carbons (Fsp3) is 0.611. The Bertz CT molecular complexity index is 532. The molecule has 1 aromatic carbocycles. The second-order valence-corrected chi connectivity index (χ2v) is 7.54. The lowest BCUT2D eigenvalue weighted by Crippen LogP contribution is -2.46. The van der Waals surface area contributed by atoms with Gasteiger partial charge < -0.3 is 5.32 Å². The fourth-order valence-corrected chi connectivity index (χ4v) is 3.96. The van der Waals surface area contributed by atoms with E-state index in [4.69, 9.17) is 0 Å². The number of para-hydroxylation sites is 1. The van der Waals surface area contributed by atoms with Gasteiger partial charge in [0, 0.05) is 17.3 Å². The van der Waals surface area contributed by atoms with Gasteiger partial charge in [-0.25, -0.2) is 0 Å². The predicted octanol–water partition coefficient (Wildman–Crippen LogP) is 3.87. The van der Waals surface area contributed by atoms with Crippen molar-refractivity contribution >= 4 is 11.6 Å². The molecule has 1 aliphatic heterocycles. The Labute approximate surface area is 127 Å². The summed E-state index contributed by atoms with van der Waals surface area (Å²) in [4.78, 5) is 12.3. The van der Waals surface area contributed by atoms with E-state index in [9.17, 15) is 4.79 Å². The highest BCUT2D eigenvalue weighted by Crippen LogP contribution is 2.40. The summed E-state index contributed by atoms with van der Waals surface area (Å²) in [5, 5.41) is 6.66. The molecule has 0 aromatic heterocycles. The molecule has 1 aromatic rings. The number of rotatable bonds is 2. The topological polar surface area (TPSA) is 41.1 Å². The Morgan fingerprint density at radius 2 is 1.86 bits per heavy atom. The summed E-state index contributed by atoms with van der Waals surface area (Å²) in [6.07, 6.45) is 5.01. The molecule has 0 spiro atoms. The van der Waals surface area contributed by atoms with Crippen LogP contribution in [0.25, 0.3) is 0 Å². The van der Waals surface area contributed by atoms with Crippen LogP contribution in [-0.4, -0.2) is 11.9 Å². The minimum Gasteiger partial charge on any atom is -0.324 e. The number of carbonyl (C=O) groups excluding carboxylic acids is 1. The molecule has 0 saturated heterocycles. The van der Waals surface area contributed by atoms with Gasteiger partial charge in [0.05, 0.1) is 0 Å². The van der Waals surface area contributed by atoms with Gasteiger partial charge in [-0.05, 0) is 30.2 Å². The van der Waals surface area contributed by atoms with E-state index in [1.54, 1.807) is 0 Å². The molecule has 2 aliphatic rings. The molecule has 1 fully saturated rings. The molecule has 1 heterocycles. The number of amides is 1. The van der Waals surface area contributed by atoms with Crippen LogP contribution in [0.15, 0.2) is 24.3 Å². The van der Waals surface area contributed by atoms with Gasteiger partial charge in [0.2, 0.25) is 5.91 Å². The van der Waals surface area contributed by atoms with Crippen molar-refractivity contribution in [2.45, 2.75) is 58.5 Å². The van der Waals surface area contributed by atoms with Crippen molar-refractivity contribution in [2.24, 2.45) is 11.3 Å². The molecule has 21 heavy (non-hydrogen) atoms. The van der Waals surface area contributed by atoms with Crippen molar-refractivity contribution in [1.82, 2.24) is 5.32 Å². The first-order valence-corrected chi connectivity index (χ1v) is 8.12. The second-order valence-electron chi connectivity index (χ2n) is 7.54. The molecule has 1 saturated carbocycles. The van der Waals surface area contributed by atoms with E-state index in [0.29, 0.717) is 12.0 Å². The molecule has 3 heteroatoms. The Hall–Kier alpha value is -1.35. The first-order chi connectivity index (χ1) is 9.97. The number of hydrogen-bond acceptors (Lipinski definition) is 2. The molecule has 114 valence electrons. The highest BCUT2D eigenvalue weighted by molar-refractivity contribution is 6.02. The highest BCUT2D eigenvalue weighted by atomic mass is 16.2. The van der Waals surface area contributed by atoms with Crippen molar-refractivity contribution in [1.29, 1.82) is 0 Å². The third kappa shape index (κ3) is 2.84. The number of carbonyl (C=O) groups is 1. The quantitative estimate of drug-likeness (QED) is 0.866. The summed E-state index contributed by atoms with van der Waals surface area (Å²) >= 11 is 0. The normalized spacial score (nSPS) is 29.1. The third-order valence-corrected chi connectivity index (χ3v) is 5.05. The van der Waals surface area contributed by atoms with Crippen LogP contribution in [0, 0.1) is 11.3 Å². The molecule has 1 amide bonds. The zero-order valence-electron chi connectivity index (χ0n) is 13.3. The summed E-state index contributed by atoms with van der Waals surface area (Å²) in [6, 6.07) is 8.27. The van der Waals surface area contributed by atoms with Gasteiger partial charge in [0.25, 0.3) is 0 Å². The molecule has 2 N–H and O–H groups in total. The molecule has 1 aliphatic carbocycles. The van der Waals surface area contributed by atoms with E-state index in [1.807, 2.05) is 18.2 Å². The number of nitrogens with one attached hydrogen (secondary N) is 2. The standard InChI is InChI=1S/C18H26N2O/c1-18(2,3)13-9-5-7-11-15(13)19-16-12-8-4-6-10-14(12)20-17(16)21/h4,6,8,10,13,15-16,19H,5,7,9,11H2,1-3H3,(H,20,21). The molecular formula is C18H26N2O. The van der Waals surface area contributed by atoms with E-state index in [2.05, 4.69) is 37.5 Å². The van der Waals surface area contributed by atoms with Crippen LogP contribution < -0.4 is 10.6 Å². The SMILES string of the molecule is CC(C)(C)C1CCCCC1NC1C(=O)Nc2ccccc21. The van der Waals surface area contributed by atoms with Gasteiger partial charge in [0.15, 0.2) is 0 Å². The average Bonchev–Trinajstić information content (AvgIpc) is 2.75. The number of benzene rings is 1. The maximum Gasteiger partial charge on any atom is 0.246 e. The zero-order chi connectivity index (χ0) is 15.0. The number of hydrogen-bond donors (Lipinski definition) is 2. The summed E-state index contributed by atoms with van der Waals surface area (Å²) < 4.78 is 0. The maximum atomic E-state index is 12.3. The van der Waals surface area contributed by atoms with Crippen molar-refractivity contribution in [3.63, 3.8) is 0 Å². The van der Waals surface area contributed by atoms with E-state index in [0.717, 1.165) is 11.3 Å². The van der Waals surface area contributed by atoms with Crippen molar-refractivity contribution < 1.29 is 4.79 Å². The molecule has 0 bridgehead atoms. The zero-order valence-corrected chi connectivity index (χ0v) is 13.3. The summed E-state index contributed by atoms with van der Waals surface area (Å²) in [7, 11) is 0. The van der Waals surface area contributed by atoms with Gasteiger partial charge in [-0.3, -0.25) is 10.1 Å². The average molecular weight is 286 g/mol. The molecule has 0 radical (unpaired) electrons. The Kier molecular flexibility index (Phi) is 3.78. The van der Waals surface area contributed by atoms with Crippen LogP contribution in [0.5, 0.6) is 0 Å². The van der Waals surface area contributed by atoms with Crippen LogP contribution in [-0.2, 0) is 4.79 Å². The second kappa shape index (κ2) is 5.45. The summed E-state index contributed by atoms with van der Waals surface area (Å²) in [5.41, 5.74) is 2.34. The monoisotopic (exact) mass is 286 g/mol. The van der Waals surface area contributed by atoms with Gasteiger partial charge in [-0.1, -0.05) is 51.8 Å². The van der Waals surface area contributed by atoms with Crippen LogP contribution in [0.4, 0.5) is 5.69 Å². The molecule has 3 rings (SSSR count). The van der Waals surface area contributed by atoms with Crippen LogP contribution >= 0.6 is 0 Å². The number of fused-ring (bicyclic) bond motifs is 1. The Morgan fingerprint density at radius 3 is 2.62 bits per heavy atom. The molecular weight excluding hydrogens is 260 g/mol. The van der Waals surface area contributed by atoms with E-state index >= 15 is 0 Å². The van der Waals surface area contributed by atoms with E-state index in [1.165, 1.54) is 25.7 Å². The minimum absolute atomic E-state index is 0.0921. The third-order valence-electron chi connectivity index (χ3n) is 5.05.